The van der Waals surface area contributed by atoms with Gasteiger partial charge in [0, 0.05) is 12.4 Å². The Bertz CT molecular complexity index is 327. The predicted octanol–water partition coefficient (Wildman–Crippen LogP) is 1.12. The van der Waals surface area contributed by atoms with Gasteiger partial charge in [0.05, 0.1) is 18.3 Å². The molecule has 5 nitrogen and oxygen atoms in total. The SMILES string of the molecule is COCC(CBr)NC(=O)c1ocnc1C. The highest BCUT2D eigenvalue weighted by Crippen LogP contribution is 2.05. The van der Waals surface area contributed by atoms with Crippen LogP contribution >= 0.6 is 15.9 Å². The van der Waals surface area contributed by atoms with Crippen LogP contribution in [0.4, 0.5) is 0 Å². The number of aryl methyl sites for hydroxylation is 1. The number of amides is 1. The zero-order chi connectivity index (χ0) is 11.3. The molecular formula is C9H13BrN2O3. The number of hydrogen-bond donors (Lipinski definition) is 1. The third-order valence-electron chi connectivity index (χ3n) is 1.84. The molecule has 0 radical (unpaired) electrons. The zero-order valence-corrected chi connectivity index (χ0v) is 10.2. The van der Waals surface area contributed by atoms with Crippen LogP contribution in [0.25, 0.3) is 0 Å². The molecule has 1 rings (SSSR count). The number of carbonyl (C=O) groups is 1. The second-order valence-electron chi connectivity index (χ2n) is 3.05. The second-order valence-corrected chi connectivity index (χ2v) is 3.69. The molecule has 6 heteroatoms. The number of hydrogen-bond acceptors (Lipinski definition) is 4. The van der Waals surface area contributed by atoms with E-state index in [4.69, 9.17) is 9.15 Å². The summed E-state index contributed by atoms with van der Waals surface area (Å²) in [7, 11) is 1.58. The van der Waals surface area contributed by atoms with Gasteiger partial charge in [-0.3, -0.25) is 4.79 Å². The van der Waals surface area contributed by atoms with E-state index in [9.17, 15) is 4.79 Å². The fraction of sp³-hybridized carbons (Fsp3) is 0.556. The standard InChI is InChI=1S/C9H13BrN2O3/c1-6-8(15-5-11-6)9(13)12-7(3-10)4-14-2/h5,7H,3-4H2,1-2H3,(H,12,13). The maximum atomic E-state index is 11.6. The second kappa shape index (κ2) is 5.87. The molecule has 1 unspecified atom stereocenters. The number of methoxy groups -OCH3 is 1. The lowest BCUT2D eigenvalue weighted by Gasteiger charge is -2.13. The number of alkyl halides is 1. The van der Waals surface area contributed by atoms with Crippen molar-refractivity contribution in [2.24, 2.45) is 0 Å². The maximum Gasteiger partial charge on any atom is 0.289 e. The largest absolute Gasteiger partial charge is 0.438 e. The lowest BCUT2D eigenvalue weighted by Crippen LogP contribution is -2.39. The van der Waals surface area contributed by atoms with E-state index in [1.54, 1.807) is 14.0 Å². The molecule has 0 aliphatic rings. The number of carbonyl (C=O) groups excluding carboxylic acids is 1. The number of nitrogens with zero attached hydrogens (tertiary/aromatic N) is 1. The van der Waals surface area contributed by atoms with Gasteiger partial charge in [-0.15, -0.1) is 0 Å². The van der Waals surface area contributed by atoms with Crippen LogP contribution in [0.15, 0.2) is 10.8 Å². The molecule has 0 spiro atoms. The fourth-order valence-corrected chi connectivity index (χ4v) is 1.45. The summed E-state index contributed by atoms with van der Waals surface area (Å²) in [5, 5.41) is 3.39. The van der Waals surface area contributed by atoms with E-state index < -0.39 is 0 Å². The van der Waals surface area contributed by atoms with E-state index in [1.165, 1.54) is 6.39 Å². The van der Waals surface area contributed by atoms with Gasteiger partial charge >= 0.3 is 0 Å². The van der Waals surface area contributed by atoms with Gasteiger partial charge in [-0.2, -0.15) is 0 Å². The van der Waals surface area contributed by atoms with Crippen LogP contribution in [-0.4, -0.2) is 36.0 Å². The zero-order valence-electron chi connectivity index (χ0n) is 8.62. The van der Waals surface area contributed by atoms with E-state index in [2.05, 4.69) is 26.2 Å². The maximum absolute atomic E-state index is 11.6. The molecule has 15 heavy (non-hydrogen) atoms. The van der Waals surface area contributed by atoms with Crippen LogP contribution in [0.1, 0.15) is 16.2 Å². The summed E-state index contributed by atoms with van der Waals surface area (Å²) in [4.78, 5) is 15.5. The molecule has 0 aromatic carbocycles. The van der Waals surface area contributed by atoms with E-state index in [0.717, 1.165) is 0 Å². The molecule has 1 aromatic rings. The van der Waals surface area contributed by atoms with Crippen molar-refractivity contribution in [1.29, 1.82) is 0 Å². The summed E-state index contributed by atoms with van der Waals surface area (Å²) in [5.74, 6) is -0.0245. The van der Waals surface area contributed by atoms with Crippen molar-refractivity contribution in [2.45, 2.75) is 13.0 Å². The van der Waals surface area contributed by atoms with Crippen molar-refractivity contribution in [3.63, 3.8) is 0 Å². The Morgan fingerprint density at radius 1 is 1.80 bits per heavy atom. The Kier molecular flexibility index (Phi) is 4.77. The van der Waals surface area contributed by atoms with Crippen molar-refractivity contribution in [2.75, 3.05) is 19.0 Å². The first-order valence-electron chi connectivity index (χ1n) is 4.45. The molecule has 1 N–H and O–H groups in total. The summed E-state index contributed by atoms with van der Waals surface area (Å²) < 4.78 is 9.92. The van der Waals surface area contributed by atoms with Crippen LogP contribution in [-0.2, 0) is 4.74 Å². The Balaban J connectivity index is 2.58. The number of halogens is 1. The minimum absolute atomic E-state index is 0.0769. The van der Waals surface area contributed by atoms with E-state index in [-0.39, 0.29) is 17.7 Å². The average Bonchev–Trinajstić information content (AvgIpc) is 2.63. The van der Waals surface area contributed by atoms with Crippen LogP contribution < -0.4 is 5.32 Å². The Labute approximate surface area is 96.3 Å². The predicted molar refractivity (Wildman–Crippen MR) is 58.2 cm³/mol. The molecule has 1 aromatic heterocycles. The molecule has 0 saturated heterocycles. The highest BCUT2D eigenvalue weighted by Gasteiger charge is 2.17. The summed E-state index contributed by atoms with van der Waals surface area (Å²) in [6.45, 7) is 2.17. The highest BCUT2D eigenvalue weighted by molar-refractivity contribution is 9.09. The number of aromatic nitrogens is 1. The summed E-state index contributed by atoms with van der Waals surface area (Å²) in [5.41, 5.74) is 0.582. The molecule has 0 bridgehead atoms. The van der Waals surface area contributed by atoms with Crippen LogP contribution in [0, 0.1) is 6.92 Å². The molecule has 0 saturated carbocycles. The Morgan fingerprint density at radius 2 is 2.53 bits per heavy atom. The van der Waals surface area contributed by atoms with Crippen molar-refractivity contribution in [1.82, 2.24) is 10.3 Å². The Morgan fingerprint density at radius 3 is 3.00 bits per heavy atom. The number of nitrogens with one attached hydrogen (secondary N) is 1. The summed E-state index contributed by atoms with van der Waals surface area (Å²) in [6, 6.07) is -0.0769. The minimum atomic E-state index is -0.272. The van der Waals surface area contributed by atoms with Crippen molar-refractivity contribution in [3.8, 4) is 0 Å². The van der Waals surface area contributed by atoms with Crippen LogP contribution in [0.5, 0.6) is 0 Å². The van der Waals surface area contributed by atoms with Crippen LogP contribution in [0.3, 0.4) is 0 Å². The lowest BCUT2D eigenvalue weighted by molar-refractivity contribution is 0.0879. The smallest absolute Gasteiger partial charge is 0.289 e. The van der Waals surface area contributed by atoms with E-state index in [0.29, 0.717) is 17.6 Å². The van der Waals surface area contributed by atoms with Gasteiger partial charge in [-0.05, 0) is 6.92 Å². The molecular weight excluding hydrogens is 264 g/mol. The molecule has 1 amide bonds. The first-order valence-corrected chi connectivity index (χ1v) is 5.57. The Hall–Kier alpha value is -0.880. The lowest BCUT2D eigenvalue weighted by atomic mass is 10.3. The number of rotatable bonds is 5. The average molecular weight is 277 g/mol. The summed E-state index contributed by atoms with van der Waals surface area (Å²) >= 11 is 3.29. The van der Waals surface area contributed by atoms with Gasteiger partial charge in [0.15, 0.2) is 6.39 Å². The van der Waals surface area contributed by atoms with Crippen molar-refractivity contribution < 1.29 is 13.9 Å². The van der Waals surface area contributed by atoms with E-state index >= 15 is 0 Å². The third kappa shape index (κ3) is 3.32. The number of ether oxygens (including phenoxy) is 1. The number of oxazole rings is 1. The monoisotopic (exact) mass is 276 g/mol. The summed E-state index contributed by atoms with van der Waals surface area (Å²) in [6.07, 6.45) is 1.25. The fourth-order valence-electron chi connectivity index (χ4n) is 1.10. The van der Waals surface area contributed by atoms with E-state index in [1.807, 2.05) is 0 Å². The van der Waals surface area contributed by atoms with Gasteiger partial charge in [-0.1, -0.05) is 15.9 Å². The van der Waals surface area contributed by atoms with Gasteiger partial charge < -0.3 is 14.5 Å². The topological polar surface area (TPSA) is 64.4 Å². The molecule has 0 fully saturated rings. The van der Waals surface area contributed by atoms with Gasteiger partial charge in [-0.25, -0.2) is 4.98 Å². The van der Waals surface area contributed by atoms with Crippen molar-refractivity contribution >= 4 is 21.8 Å². The first-order chi connectivity index (χ1) is 7.19. The third-order valence-corrected chi connectivity index (χ3v) is 2.62. The van der Waals surface area contributed by atoms with Crippen LogP contribution in [0.2, 0.25) is 0 Å². The van der Waals surface area contributed by atoms with Crippen molar-refractivity contribution in [3.05, 3.63) is 17.8 Å². The minimum Gasteiger partial charge on any atom is -0.438 e. The van der Waals surface area contributed by atoms with Gasteiger partial charge in [0.2, 0.25) is 5.76 Å². The molecule has 1 heterocycles. The van der Waals surface area contributed by atoms with Gasteiger partial charge in [0.25, 0.3) is 5.91 Å². The molecule has 0 aliphatic heterocycles. The highest BCUT2D eigenvalue weighted by atomic mass is 79.9. The molecule has 1 atom stereocenters. The first kappa shape index (κ1) is 12.2. The molecule has 0 aliphatic carbocycles. The quantitative estimate of drug-likeness (QED) is 0.819. The van der Waals surface area contributed by atoms with Gasteiger partial charge in [0.1, 0.15) is 0 Å². The molecule has 84 valence electrons. The normalized spacial score (nSPS) is 12.5.